The van der Waals surface area contributed by atoms with Crippen molar-refractivity contribution in [2.24, 2.45) is 5.73 Å². The van der Waals surface area contributed by atoms with Crippen LogP contribution in [0.5, 0.6) is 0 Å². The molecule has 0 rings (SSSR count). The van der Waals surface area contributed by atoms with Crippen LogP contribution in [0.3, 0.4) is 0 Å². The van der Waals surface area contributed by atoms with Gasteiger partial charge in [0.05, 0.1) is 13.0 Å². The molecule has 0 fully saturated rings. The Morgan fingerprint density at radius 2 is 1.92 bits per heavy atom. The summed E-state index contributed by atoms with van der Waals surface area (Å²) in [4.78, 5) is 0. The number of nitrogens with two attached hydrogens (primary N) is 1. The monoisotopic (exact) mass is 199 g/mol. The second kappa shape index (κ2) is 6.21. The standard InChI is InChI=1S/C8H16F3NO/c1-7(12)3-2-5-13-6-4-8(9,10)11/h7H,2-6,12H2,1H3. The second-order valence-electron chi connectivity index (χ2n) is 3.10. The maximum atomic E-state index is 11.6. The van der Waals surface area contributed by atoms with Gasteiger partial charge in [-0.25, -0.2) is 0 Å². The van der Waals surface area contributed by atoms with Crippen molar-refractivity contribution in [1.29, 1.82) is 0 Å². The van der Waals surface area contributed by atoms with E-state index in [4.69, 9.17) is 10.5 Å². The van der Waals surface area contributed by atoms with Gasteiger partial charge in [-0.15, -0.1) is 0 Å². The molecule has 1 unspecified atom stereocenters. The highest BCUT2D eigenvalue weighted by molar-refractivity contribution is 4.52. The lowest BCUT2D eigenvalue weighted by atomic mass is 10.2. The maximum absolute atomic E-state index is 11.6. The molecule has 0 saturated heterocycles. The van der Waals surface area contributed by atoms with Gasteiger partial charge in [0.2, 0.25) is 0 Å². The van der Waals surface area contributed by atoms with E-state index in [0.29, 0.717) is 6.61 Å². The molecule has 0 aliphatic rings. The van der Waals surface area contributed by atoms with E-state index in [0.717, 1.165) is 12.8 Å². The summed E-state index contributed by atoms with van der Waals surface area (Å²) in [6.45, 7) is 1.97. The molecule has 0 heterocycles. The second-order valence-corrected chi connectivity index (χ2v) is 3.10. The van der Waals surface area contributed by atoms with E-state index in [2.05, 4.69) is 0 Å². The van der Waals surface area contributed by atoms with E-state index in [1.165, 1.54) is 0 Å². The van der Waals surface area contributed by atoms with Crippen molar-refractivity contribution < 1.29 is 17.9 Å². The molecule has 0 aromatic rings. The molecule has 0 amide bonds. The highest BCUT2D eigenvalue weighted by Crippen LogP contribution is 2.18. The number of hydrogen-bond acceptors (Lipinski definition) is 2. The first-order valence-corrected chi connectivity index (χ1v) is 4.32. The van der Waals surface area contributed by atoms with Crippen molar-refractivity contribution in [3.63, 3.8) is 0 Å². The van der Waals surface area contributed by atoms with Gasteiger partial charge < -0.3 is 10.5 Å². The Kier molecular flexibility index (Phi) is 6.07. The molecule has 0 aromatic heterocycles. The normalized spacial score (nSPS) is 14.5. The van der Waals surface area contributed by atoms with Gasteiger partial charge in [-0.1, -0.05) is 0 Å². The summed E-state index contributed by atoms with van der Waals surface area (Å²) in [6, 6.07) is 0.0891. The summed E-state index contributed by atoms with van der Waals surface area (Å²) in [5.41, 5.74) is 5.44. The molecule has 0 saturated carbocycles. The smallest absolute Gasteiger partial charge is 0.381 e. The largest absolute Gasteiger partial charge is 0.391 e. The fourth-order valence-electron chi connectivity index (χ4n) is 0.797. The summed E-state index contributed by atoms with van der Waals surface area (Å²) in [7, 11) is 0. The van der Waals surface area contributed by atoms with Gasteiger partial charge in [0.25, 0.3) is 0 Å². The molecule has 1 atom stereocenters. The van der Waals surface area contributed by atoms with Crippen LogP contribution in [0.25, 0.3) is 0 Å². The lowest BCUT2D eigenvalue weighted by Crippen LogP contribution is -2.16. The number of alkyl halides is 3. The number of halogens is 3. The number of rotatable bonds is 6. The molecule has 5 heteroatoms. The average Bonchev–Trinajstić information content (AvgIpc) is 1.93. The molecule has 0 spiro atoms. The van der Waals surface area contributed by atoms with E-state index < -0.39 is 12.6 Å². The van der Waals surface area contributed by atoms with Crippen LogP contribution in [-0.2, 0) is 4.74 Å². The minimum Gasteiger partial charge on any atom is -0.381 e. The summed E-state index contributed by atoms with van der Waals surface area (Å²) in [5, 5.41) is 0. The minimum absolute atomic E-state index is 0.0891. The van der Waals surface area contributed by atoms with Gasteiger partial charge in [-0.2, -0.15) is 13.2 Å². The van der Waals surface area contributed by atoms with E-state index in [9.17, 15) is 13.2 Å². The van der Waals surface area contributed by atoms with E-state index in [1.54, 1.807) is 0 Å². The van der Waals surface area contributed by atoms with E-state index in [1.807, 2.05) is 6.92 Å². The van der Waals surface area contributed by atoms with Crippen LogP contribution in [0.15, 0.2) is 0 Å². The number of hydrogen-bond donors (Lipinski definition) is 1. The Hall–Kier alpha value is -0.290. The highest BCUT2D eigenvalue weighted by Gasteiger charge is 2.26. The Morgan fingerprint density at radius 3 is 2.38 bits per heavy atom. The Labute approximate surface area is 76.2 Å². The maximum Gasteiger partial charge on any atom is 0.391 e. The Balaban J connectivity index is 3.09. The molecule has 80 valence electrons. The fraction of sp³-hybridized carbons (Fsp3) is 1.00. The van der Waals surface area contributed by atoms with E-state index >= 15 is 0 Å². The van der Waals surface area contributed by atoms with Crippen molar-refractivity contribution in [3.05, 3.63) is 0 Å². The topological polar surface area (TPSA) is 35.2 Å². The van der Waals surface area contributed by atoms with Gasteiger partial charge in [0, 0.05) is 12.6 Å². The summed E-state index contributed by atoms with van der Waals surface area (Å²) in [6.07, 6.45) is -3.48. The van der Waals surface area contributed by atoms with Gasteiger partial charge >= 0.3 is 6.18 Å². The van der Waals surface area contributed by atoms with Crippen LogP contribution in [0.1, 0.15) is 26.2 Å². The van der Waals surface area contributed by atoms with Crippen molar-refractivity contribution >= 4 is 0 Å². The van der Waals surface area contributed by atoms with Crippen LogP contribution in [-0.4, -0.2) is 25.4 Å². The molecule has 0 aromatic carbocycles. The summed E-state index contributed by atoms with van der Waals surface area (Å²) < 4.78 is 39.6. The van der Waals surface area contributed by atoms with Gasteiger partial charge in [0.15, 0.2) is 0 Å². The predicted octanol–water partition coefficient (Wildman–Crippen LogP) is 2.08. The van der Waals surface area contributed by atoms with Crippen LogP contribution in [0, 0.1) is 0 Å². The molecule has 0 aliphatic carbocycles. The van der Waals surface area contributed by atoms with Crippen LogP contribution in [0.4, 0.5) is 13.2 Å². The first kappa shape index (κ1) is 12.7. The molecule has 0 aliphatic heterocycles. The molecular formula is C8H16F3NO. The van der Waals surface area contributed by atoms with Crippen LogP contribution in [0.2, 0.25) is 0 Å². The molecule has 0 bridgehead atoms. The molecule has 2 N–H and O–H groups in total. The minimum atomic E-state index is -4.11. The molecule has 2 nitrogen and oxygen atoms in total. The summed E-state index contributed by atoms with van der Waals surface area (Å²) in [5.74, 6) is 0. The van der Waals surface area contributed by atoms with Crippen molar-refractivity contribution in [2.45, 2.75) is 38.4 Å². The third kappa shape index (κ3) is 11.7. The predicted molar refractivity (Wildman–Crippen MR) is 44.4 cm³/mol. The van der Waals surface area contributed by atoms with Gasteiger partial charge in [-0.3, -0.25) is 0 Å². The lowest BCUT2D eigenvalue weighted by Gasteiger charge is -2.07. The van der Waals surface area contributed by atoms with Crippen molar-refractivity contribution in [2.75, 3.05) is 13.2 Å². The SMILES string of the molecule is CC(N)CCCOCCC(F)(F)F. The Morgan fingerprint density at radius 1 is 1.31 bits per heavy atom. The quantitative estimate of drug-likeness (QED) is 0.665. The lowest BCUT2D eigenvalue weighted by molar-refractivity contribution is -0.145. The first-order valence-electron chi connectivity index (χ1n) is 4.32. The van der Waals surface area contributed by atoms with E-state index in [-0.39, 0.29) is 12.6 Å². The molecule has 13 heavy (non-hydrogen) atoms. The van der Waals surface area contributed by atoms with Crippen LogP contribution >= 0.6 is 0 Å². The number of ether oxygens (including phenoxy) is 1. The fourth-order valence-corrected chi connectivity index (χ4v) is 0.797. The Bertz CT molecular complexity index is 125. The highest BCUT2D eigenvalue weighted by atomic mass is 19.4. The molecular weight excluding hydrogens is 183 g/mol. The average molecular weight is 199 g/mol. The van der Waals surface area contributed by atoms with Crippen molar-refractivity contribution in [1.82, 2.24) is 0 Å². The summed E-state index contributed by atoms with van der Waals surface area (Å²) >= 11 is 0. The third-order valence-corrected chi connectivity index (χ3v) is 1.48. The van der Waals surface area contributed by atoms with Gasteiger partial charge in [0.1, 0.15) is 0 Å². The zero-order valence-corrected chi connectivity index (χ0v) is 7.73. The molecule has 0 radical (unpaired) electrons. The third-order valence-electron chi connectivity index (χ3n) is 1.48. The van der Waals surface area contributed by atoms with Gasteiger partial charge in [-0.05, 0) is 19.8 Å². The van der Waals surface area contributed by atoms with Crippen LogP contribution < -0.4 is 5.73 Å². The zero-order valence-electron chi connectivity index (χ0n) is 7.73. The first-order chi connectivity index (χ1) is 5.92. The van der Waals surface area contributed by atoms with Crippen molar-refractivity contribution in [3.8, 4) is 0 Å². The zero-order chi connectivity index (χ0) is 10.3.